The van der Waals surface area contributed by atoms with Crippen LogP contribution in [-0.2, 0) is 14.6 Å². The Morgan fingerprint density at radius 3 is 2.70 bits per heavy atom. The molecule has 6 nitrogen and oxygen atoms in total. The van der Waals surface area contributed by atoms with Gasteiger partial charge in [0.25, 0.3) is 0 Å². The monoisotopic (exact) mass is 304 g/mol. The highest BCUT2D eigenvalue weighted by Crippen LogP contribution is 2.20. The first-order chi connectivity index (χ1) is 9.46. The van der Waals surface area contributed by atoms with Crippen molar-refractivity contribution < 1.29 is 18.3 Å². The van der Waals surface area contributed by atoms with E-state index in [2.05, 4.69) is 0 Å². The Hall–Kier alpha value is -0.660. The summed E-state index contributed by atoms with van der Waals surface area (Å²) in [5.41, 5.74) is 0. The lowest BCUT2D eigenvalue weighted by molar-refractivity contribution is -0.134. The summed E-state index contributed by atoms with van der Waals surface area (Å²) < 4.78 is 23.1. The van der Waals surface area contributed by atoms with Crippen LogP contribution in [0.3, 0.4) is 0 Å². The highest BCUT2D eigenvalue weighted by Gasteiger charge is 2.35. The van der Waals surface area contributed by atoms with Crippen molar-refractivity contribution in [2.75, 3.05) is 37.7 Å². The van der Waals surface area contributed by atoms with Gasteiger partial charge in [-0.2, -0.15) is 0 Å². The van der Waals surface area contributed by atoms with Gasteiger partial charge in [-0.1, -0.05) is 0 Å². The Morgan fingerprint density at radius 1 is 1.40 bits per heavy atom. The summed E-state index contributed by atoms with van der Waals surface area (Å²) in [4.78, 5) is 16.1. The quantitative estimate of drug-likeness (QED) is 0.739. The minimum Gasteiger partial charge on any atom is -0.395 e. The van der Waals surface area contributed by atoms with E-state index in [1.54, 1.807) is 4.90 Å². The maximum absolute atomic E-state index is 12.4. The second kappa shape index (κ2) is 6.41. The summed E-state index contributed by atoms with van der Waals surface area (Å²) in [6, 6.07) is -0.0994. The van der Waals surface area contributed by atoms with Crippen LogP contribution in [0, 0.1) is 0 Å². The molecule has 0 bridgehead atoms. The van der Waals surface area contributed by atoms with Crippen LogP contribution in [0.4, 0.5) is 0 Å². The van der Waals surface area contributed by atoms with Crippen LogP contribution in [0.25, 0.3) is 0 Å². The number of carbonyl (C=O) groups is 1. The van der Waals surface area contributed by atoms with Crippen molar-refractivity contribution in [3.63, 3.8) is 0 Å². The Kier molecular flexibility index (Phi) is 5.04. The summed E-state index contributed by atoms with van der Waals surface area (Å²) in [6.07, 6.45) is 2.47. The van der Waals surface area contributed by atoms with E-state index >= 15 is 0 Å². The van der Waals surface area contributed by atoms with Gasteiger partial charge in [-0.3, -0.25) is 9.69 Å². The zero-order chi connectivity index (χ0) is 14.8. The third-order valence-electron chi connectivity index (χ3n) is 4.36. The fraction of sp³-hybridized carbons (Fsp3) is 0.923. The molecule has 2 rings (SSSR count). The summed E-state index contributed by atoms with van der Waals surface area (Å²) in [6.45, 7) is 3.62. The number of likely N-dealkylation sites (N-methyl/N-ethyl adjacent to an activating group) is 1. The van der Waals surface area contributed by atoms with Crippen molar-refractivity contribution in [2.24, 2.45) is 0 Å². The zero-order valence-corrected chi connectivity index (χ0v) is 12.8. The Labute approximate surface area is 120 Å². The van der Waals surface area contributed by atoms with E-state index in [-0.39, 0.29) is 42.6 Å². The summed E-state index contributed by atoms with van der Waals surface area (Å²) >= 11 is 0. The molecular formula is C13H24N2O4S. The lowest BCUT2D eigenvalue weighted by Crippen LogP contribution is -2.47. The number of sulfone groups is 1. The molecule has 2 aliphatic rings. The highest BCUT2D eigenvalue weighted by atomic mass is 32.2. The van der Waals surface area contributed by atoms with E-state index in [1.165, 1.54) is 0 Å². The molecule has 1 N–H and O–H groups in total. The molecule has 0 aromatic carbocycles. The molecule has 0 unspecified atom stereocenters. The second-order valence-electron chi connectivity index (χ2n) is 5.69. The van der Waals surface area contributed by atoms with E-state index < -0.39 is 9.84 Å². The fourth-order valence-corrected chi connectivity index (χ4v) is 4.96. The van der Waals surface area contributed by atoms with Crippen LogP contribution < -0.4 is 0 Å². The molecule has 116 valence electrons. The van der Waals surface area contributed by atoms with Gasteiger partial charge in [0.05, 0.1) is 24.7 Å². The minimum absolute atomic E-state index is 0.0186. The van der Waals surface area contributed by atoms with E-state index in [0.717, 1.165) is 19.4 Å². The molecule has 1 amide bonds. The first-order valence-corrected chi connectivity index (χ1v) is 9.13. The lowest BCUT2D eigenvalue weighted by atomic mass is 10.2. The maximum atomic E-state index is 12.4. The molecule has 0 radical (unpaired) electrons. The zero-order valence-electron chi connectivity index (χ0n) is 12.0. The summed E-state index contributed by atoms with van der Waals surface area (Å²) in [7, 11) is -2.97. The van der Waals surface area contributed by atoms with Crippen molar-refractivity contribution in [3.8, 4) is 0 Å². The van der Waals surface area contributed by atoms with Gasteiger partial charge in [-0.15, -0.1) is 0 Å². The average Bonchev–Trinajstić information content (AvgIpc) is 2.97. The van der Waals surface area contributed by atoms with Crippen molar-refractivity contribution in [1.82, 2.24) is 9.80 Å². The van der Waals surface area contributed by atoms with Gasteiger partial charge in [0.2, 0.25) is 5.91 Å². The lowest BCUT2D eigenvalue weighted by Gasteiger charge is -2.30. The molecule has 2 saturated heterocycles. The van der Waals surface area contributed by atoms with E-state index in [0.29, 0.717) is 13.0 Å². The van der Waals surface area contributed by atoms with Crippen molar-refractivity contribution in [1.29, 1.82) is 0 Å². The van der Waals surface area contributed by atoms with E-state index in [1.807, 2.05) is 11.8 Å². The molecule has 0 aromatic rings. The van der Waals surface area contributed by atoms with Gasteiger partial charge in [-0.25, -0.2) is 8.42 Å². The topological polar surface area (TPSA) is 77.9 Å². The van der Waals surface area contributed by atoms with Crippen LogP contribution in [0.2, 0.25) is 0 Å². The van der Waals surface area contributed by atoms with Crippen LogP contribution in [-0.4, -0.2) is 79.1 Å². The minimum atomic E-state index is -2.97. The van der Waals surface area contributed by atoms with Gasteiger partial charge in [-0.05, 0) is 32.7 Å². The second-order valence-corrected chi connectivity index (χ2v) is 7.91. The van der Waals surface area contributed by atoms with Gasteiger partial charge < -0.3 is 10.0 Å². The normalized spacial score (nSPS) is 29.7. The van der Waals surface area contributed by atoms with Gasteiger partial charge in [0, 0.05) is 18.6 Å². The standard InChI is InChI=1S/C13H24N2O4S/c1-2-15(12-5-7-20(18,19)10-12)13(17)8-14-6-3-4-11(14)9-16/h11-12,16H,2-10H2,1H3/t11-,12-/m0/s1. The fourth-order valence-electron chi connectivity index (χ4n) is 3.23. The van der Waals surface area contributed by atoms with Crippen molar-refractivity contribution >= 4 is 15.7 Å². The van der Waals surface area contributed by atoms with Gasteiger partial charge in [0.15, 0.2) is 9.84 Å². The number of rotatable bonds is 5. The molecule has 7 heteroatoms. The molecule has 2 atom stereocenters. The van der Waals surface area contributed by atoms with Crippen LogP contribution >= 0.6 is 0 Å². The molecule has 0 saturated carbocycles. The van der Waals surface area contributed by atoms with Gasteiger partial charge in [0.1, 0.15) is 0 Å². The molecular weight excluding hydrogens is 280 g/mol. The molecule has 2 aliphatic heterocycles. The highest BCUT2D eigenvalue weighted by molar-refractivity contribution is 7.91. The van der Waals surface area contributed by atoms with Crippen molar-refractivity contribution in [2.45, 2.75) is 38.3 Å². The molecule has 2 fully saturated rings. The third kappa shape index (κ3) is 3.51. The number of amides is 1. The Bertz CT molecular complexity index is 451. The third-order valence-corrected chi connectivity index (χ3v) is 6.11. The number of aliphatic hydroxyl groups excluding tert-OH is 1. The molecule has 0 aromatic heterocycles. The molecule has 0 spiro atoms. The smallest absolute Gasteiger partial charge is 0.237 e. The van der Waals surface area contributed by atoms with Crippen molar-refractivity contribution in [3.05, 3.63) is 0 Å². The first-order valence-electron chi connectivity index (χ1n) is 7.31. The number of hydrogen-bond acceptors (Lipinski definition) is 5. The maximum Gasteiger partial charge on any atom is 0.237 e. The van der Waals surface area contributed by atoms with Crippen LogP contribution in [0.15, 0.2) is 0 Å². The predicted octanol–water partition coefficient (Wildman–Crippen LogP) is -0.521. The number of carbonyl (C=O) groups excluding carboxylic acids is 1. The summed E-state index contributed by atoms with van der Waals surface area (Å²) in [5, 5.41) is 9.28. The van der Waals surface area contributed by atoms with Crippen LogP contribution in [0.5, 0.6) is 0 Å². The largest absolute Gasteiger partial charge is 0.395 e. The number of likely N-dealkylation sites (tertiary alicyclic amines) is 1. The predicted molar refractivity (Wildman–Crippen MR) is 76.1 cm³/mol. The van der Waals surface area contributed by atoms with E-state index in [9.17, 15) is 18.3 Å². The Balaban J connectivity index is 1.96. The molecule has 2 heterocycles. The summed E-state index contributed by atoms with van der Waals surface area (Å²) in [5.74, 6) is 0.260. The molecule has 20 heavy (non-hydrogen) atoms. The van der Waals surface area contributed by atoms with E-state index in [4.69, 9.17) is 0 Å². The Morgan fingerprint density at radius 2 is 2.15 bits per heavy atom. The van der Waals surface area contributed by atoms with Crippen LogP contribution in [0.1, 0.15) is 26.2 Å². The SMILES string of the molecule is CCN(C(=O)CN1CCC[C@H]1CO)[C@H]1CCS(=O)(=O)C1. The average molecular weight is 304 g/mol. The molecule has 0 aliphatic carbocycles. The number of nitrogens with zero attached hydrogens (tertiary/aromatic N) is 2. The number of aliphatic hydroxyl groups is 1. The number of hydrogen-bond donors (Lipinski definition) is 1. The first kappa shape index (κ1) is 15.7. The van der Waals surface area contributed by atoms with Gasteiger partial charge >= 0.3 is 0 Å².